The highest BCUT2D eigenvalue weighted by molar-refractivity contribution is 7.47. The summed E-state index contributed by atoms with van der Waals surface area (Å²) in [6, 6.07) is 0. The van der Waals surface area contributed by atoms with Gasteiger partial charge < -0.3 is 0 Å². The lowest BCUT2D eigenvalue weighted by Crippen LogP contribution is -2.54. The van der Waals surface area contributed by atoms with Crippen molar-refractivity contribution in [2.75, 3.05) is 0 Å². The summed E-state index contributed by atoms with van der Waals surface area (Å²) in [5.74, 6) is -6.53. The lowest BCUT2D eigenvalue weighted by Gasteiger charge is -2.28. The fourth-order valence-electron chi connectivity index (χ4n) is 0.419. The summed E-state index contributed by atoms with van der Waals surface area (Å²) < 4.78 is 104. The van der Waals surface area contributed by atoms with Crippen LogP contribution in [0.25, 0.3) is 0 Å². The molecule has 0 rings (SSSR count). The Morgan fingerprint density at radius 1 is 0.933 bits per heavy atom. The molecule has 1 atom stereocenters. The summed E-state index contributed by atoms with van der Waals surface area (Å²) in [5.41, 5.74) is 0. The molecular weight excluding hydrogens is 267 g/mol. The summed E-state index contributed by atoms with van der Waals surface area (Å²) in [5, 5.41) is 0. The third-order valence-corrected chi connectivity index (χ3v) is 1.44. The highest BCUT2D eigenvalue weighted by Crippen LogP contribution is 2.57. The van der Waals surface area contributed by atoms with Gasteiger partial charge in [-0.15, -0.1) is 4.20 Å². The van der Waals surface area contributed by atoms with Gasteiger partial charge in [-0.3, -0.25) is 4.89 Å². The number of hydrogen-bond donors (Lipinski definition) is 1. The first-order valence-corrected chi connectivity index (χ1v) is 4.23. The lowest BCUT2D eigenvalue weighted by atomic mass is 10.3. The smallest absolute Gasteiger partial charge is 0.299 e. The fraction of sp³-hybridized carbons (Fsp3) is 1.00. The topological polar surface area (TPSA) is 46.5 Å². The first-order chi connectivity index (χ1) is 6.21. The van der Waals surface area contributed by atoms with E-state index in [0.29, 0.717) is 0 Å². The fourth-order valence-corrected chi connectivity index (χ4v) is 0.937. The van der Waals surface area contributed by atoms with E-state index in [1.54, 1.807) is 0 Å². The molecule has 0 spiro atoms. The van der Waals surface area contributed by atoms with E-state index >= 15 is 0 Å². The largest absolute Gasteiger partial charge is 0.513 e. The highest BCUT2D eigenvalue weighted by atomic mass is 31.2. The number of halogens is 8. The van der Waals surface area contributed by atoms with Crippen LogP contribution in [-0.4, -0.2) is 23.1 Å². The van der Waals surface area contributed by atoms with Crippen LogP contribution in [0.3, 0.4) is 0 Å². The molecule has 92 valence electrons. The van der Waals surface area contributed by atoms with E-state index in [4.69, 9.17) is 4.89 Å². The van der Waals surface area contributed by atoms with E-state index < -0.39 is 26.1 Å². The van der Waals surface area contributed by atoms with Gasteiger partial charge in [-0.25, -0.2) is 9.09 Å². The molecule has 1 unspecified atom stereocenters. The molecule has 0 aromatic heterocycles. The van der Waals surface area contributed by atoms with Crippen molar-refractivity contribution in [3.8, 4) is 0 Å². The molecule has 0 amide bonds. The van der Waals surface area contributed by atoms with Crippen molar-refractivity contribution in [2.24, 2.45) is 0 Å². The second-order valence-corrected chi connectivity index (χ2v) is 3.22. The van der Waals surface area contributed by atoms with Crippen LogP contribution in [0.1, 0.15) is 0 Å². The molecule has 0 aromatic rings. The van der Waals surface area contributed by atoms with E-state index in [1.165, 1.54) is 0 Å². The van der Waals surface area contributed by atoms with E-state index in [2.05, 4.69) is 0 Å². The molecule has 0 aliphatic heterocycles. The van der Waals surface area contributed by atoms with Gasteiger partial charge in [0.1, 0.15) is 0 Å². The first kappa shape index (κ1) is 14.6. The van der Waals surface area contributed by atoms with Crippen molar-refractivity contribution < 1.29 is 48.9 Å². The molecule has 1 N–H and O–H groups in total. The lowest BCUT2D eigenvalue weighted by molar-refractivity contribution is -0.408. The molecule has 0 saturated heterocycles. The van der Waals surface area contributed by atoms with Crippen molar-refractivity contribution in [3.05, 3.63) is 0 Å². The van der Waals surface area contributed by atoms with Gasteiger partial charge in [0.2, 0.25) is 0 Å². The van der Waals surface area contributed by atoms with Crippen LogP contribution in [0.15, 0.2) is 0 Å². The molecule has 0 fully saturated rings. The van der Waals surface area contributed by atoms with Gasteiger partial charge in [-0.05, 0) is 0 Å². The van der Waals surface area contributed by atoms with Gasteiger partial charge in [-0.2, -0.15) is 30.7 Å². The van der Waals surface area contributed by atoms with Crippen LogP contribution in [0.2, 0.25) is 0 Å². The minimum absolute atomic E-state index is 1.88. The maximum absolute atomic E-state index is 12.3. The van der Waals surface area contributed by atoms with Crippen LogP contribution < -0.4 is 0 Å². The predicted molar refractivity (Wildman–Crippen MR) is 28.0 cm³/mol. The monoisotopic (exact) mass is 268 g/mol. The van der Waals surface area contributed by atoms with E-state index in [0.717, 1.165) is 0 Å². The Labute approximate surface area is 76.3 Å². The summed E-state index contributed by atoms with van der Waals surface area (Å²) in [7, 11) is -6.80. The van der Waals surface area contributed by atoms with Gasteiger partial charge >= 0.3 is 26.1 Å². The molecule has 0 heterocycles. The average molecular weight is 268 g/mol. The third kappa shape index (κ3) is 3.28. The summed E-state index contributed by atoms with van der Waals surface area (Å²) >= 11 is 0. The van der Waals surface area contributed by atoms with Gasteiger partial charge in [0, 0.05) is 0 Å². The van der Waals surface area contributed by atoms with Crippen LogP contribution in [-0.2, 0) is 9.09 Å². The molecule has 0 aliphatic rings. The van der Waals surface area contributed by atoms with Crippen LogP contribution in [0.5, 0.6) is 0 Å². The summed E-state index contributed by atoms with van der Waals surface area (Å²) in [6.07, 6.45) is -13.5. The zero-order chi connectivity index (χ0) is 12.7. The Morgan fingerprint density at radius 3 is 1.27 bits per heavy atom. The van der Waals surface area contributed by atoms with Crippen molar-refractivity contribution in [1.29, 1.82) is 0 Å². The van der Waals surface area contributed by atoms with Crippen molar-refractivity contribution in [2.45, 2.75) is 18.2 Å². The molecular formula is C3HF8O3P. The van der Waals surface area contributed by atoms with E-state index in [1.807, 2.05) is 4.52 Å². The second-order valence-electron chi connectivity index (χ2n) is 2.13. The molecule has 3 nitrogen and oxygen atoms in total. The zero-order valence-corrected chi connectivity index (χ0v) is 7.13. The number of hydrogen-bond acceptors (Lipinski definition) is 2. The molecule has 12 heteroatoms. The highest BCUT2D eigenvalue weighted by Gasteiger charge is 2.76. The third-order valence-electron chi connectivity index (χ3n) is 0.968. The Hall–Kier alpha value is -0.410. The van der Waals surface area contributed by atoms with E-state index in [9.17, 15) is 39.5 Å². The molecule has 0 radical (unpaired) electrons. The van der Waals surface area contributed by atoms with Crippen LogP contribution >= 0.6 is 7.91 Å². The quantitative estimate of drug-likeness (QED) is 0.618. The van der Waals surface area contributed by atoms with Gasteiger partial charge in [0.05, 0.1) is 0 Å². The predicted octanol–water partition coefficient (Wildman–Crippen LogP) is 2.86. The van der Waals surface area contributed by atoms with Crippen LogP contribution in [0.4, 0.5) is 34.9 Å². The SMILES string of the molecule is O=P(O)(F)OC(F)(C(F)(F)F)C(F)(F)F. The minimum Gasteiger partial charge on any atom is -0.299 e. The standard InChI is InChI=1S/C3HF8O3P/c4-1(2(5,6)7,3(8,9)10)14-15(11,12)13/h(H,12,13). The summed E-state index contributed by atoms with van der Waals surface area (Å²) in [4.78, 5) is 7.51. The zero-order valence-electron chi connectivity index (χ0n) is 6.23. The normalized spacial score (nSPS) is 18.7. The average Bonchev–Trinajstić information content (AvgIpc) is 1.77. The molecule has 0 bridgehead atoms. The Bertz CT molecular complexity index is 260. The number of alkyl halides is 7. The van der Waals surface area contributed by atoms with Crippen LogP contribution in [0, 0.1) is 0 Å². The molecule has 0 saturated carbocycles. The number of rotatable bonds is 2. The van der Waals surface area contributed by atoms with Crippen molar-refractivity contribution in [3.63, 3.8) is 0 Å². The maximum Gasteiger partial charge on any atom is 0.513 e. The van der Waals surface area contributed by atoms with Crippen molar-refractivity contribution in [1.82, 2.24) is 0 Å². The second kappa shape index (κ2) is 3.56. The summed E-state index contributed by atoms with van der Waals surface area (Å²) in [6.45, 7) is 0. The molecule has 15 heavy (non-hydrogen) atoms. The molecule has 0 aromatic carbocycles. The Balaban J connectivity index is 5.35. The van der Waals surface area contributed by atoms with E-state index in [-0.39, 0.29) is 0 Å². The van der Waals surface area contributed by atoms with Gasteiger partial charge in [-0.1, -0.05) is 0 Å². The Kier molecular flexibility index (Phi) is 3.47. The molecule has 0 aliphatic carbocycles. The minimum atomic E-state index is -6.80. The van der Waals surface area contributed by atoms with Crippen molar-refractivity contribution >= 4 is 7.91 Å². The van der Waals surface area contributed by atoms with Gasteiger partial charge in [0.15, 0.2) is 0 Å². The van der Waals surface area contributed by atoms with Gasteiger partial charge in [0.25, 0.3) is 0 Å². The Morgan fingerprint density at radius 2 is 1.20 bits per heavy atom. The first-order valence-electron chi connectivity index (χ1n) is 2.76. The maximum atomic E-state index is 12.3.